The highest BCUT2D eigenvalue weighted by molar-refractivity contribution is 5.67. The number of hydrogen-bond acceptors (Lipinski definition) is 10. The third-order valence-corrected chi connectivity index (χ3v) is 5.36. The summed E-state index contributed by atoms with van der Waals surface area (Å²) in [4.78, 5) is 9.66. The van der Waals surface area contributed by atoms with E-state index in [0.29, 0.717) is 35.3 Å². The van der Waals surface area contributed by atoms with Crippen LogP contribution in [0.3, 0.4) is 0 Å². The van der Waals surface area contributed by atoms with Gasteiger partial charge in [-0.2, -0.15) is 28.1 Å². The molecule has 5 rings (SSSR count). The van der Waals surface area contributed by atoms with Gasteiger partial charge in [0.1, 0.15) is 12.4 Å². The van der Waals surface area contributed by atoms with Gasteiger partial charge in [-0.15, -0.1) is 10.2 Å². The Labute approximate surface area is 206 Å². The van der Waals surface area contributed by atoms with Gasteiger partial charge >= 0.3 is 6.18 Å². The van der Waals surface area contributed by atoms with Crippen molar-refractivity contribution in [2.24, 2.45) is 7.05 Å². The maximum absolute atomic E-state index is 12.8. The predicted molar refractivity (Wildman–Crippen MR) is 119 cm³/mol. The second-order valence-electron chi connectivity index (χ2n) is 7.72. The highest BCUT2D eigenvalue weighted by Crippen LogP contribution is 2.32. The number of aryl methyl sites for hydroxylation is 1. The molecule has 0 aliphatic carbocycles. The number of alkyl halides is 3. The molecule has 0 saturated heterocycles. The molecule has 0 spiro atoms. The number of halogens is 3. The van der Waals surface area contributed by atoms with Gasteiger partial charge in [0, 0.05) is 19.3 Å². The van der Waals surface area contributed by atoms with Gasteiger partial charge in [-0.1, -0.05) is 11.2 Å². The lowest BCUT2D eigenvalue weighted by Crippen LogP contribution is -2.07. The first-order valence-electron chi connectivity index (χ1n) is 10.7. The lowest BCUT2D eigenvalue weighted by Gasteiger charge is -2.09. The van der Waals surface area contributed by atoms with E-state index in [9.17, 15) is 13.2 Å². The maximum Gasteiger partial charge on any atom is 0.417 e. The zero-order valence-corrected chi connectivity index (χ0v) is 19.4. The van der Waals surface area contributed by atoms with E-state index in [1.54, 1.807) is 13.1 Å². The fraction of sp³-hybridized carbons (Fsp3) is 0.227. The summed E-state index contributed by atoms with van der Waals surface area (Å²) in [6.07, 6.45) is -0.894. The molecule has 0 N–H and O–H groups in total. The van der Waals surface area contributed by atoms with Crippen molar-refractivity contribution in [1.29, 1.82) is 0 Å². The fourth-order valence-electron chi connectivity index (χ4n) is 3.48. The normalized spacial score (nSPS) is 11.6. The van der Waals surface area contributed by atoms with Gasteiger partial charge in [0.2, 0.25) is 11.7 Å². The summed E-state index contributed by atoms with van der Waals surface area (Å²) in [6.45, 7) is 0.329. The van der Waals surface area contributed by atoms with Crippen molar-refractivity contribution in [2.45, 2.75) is 19.3 Å². The van der Waals surface area contributed by atoms with Crippen molar-refractivity contribution in [3.05, 3.63) is 65.9 Å². The van der Waals surface area contributed by atoms with Crippen LogP contribution in [0.5, 0.6) is 11.6 Å². The number of hydrogen-bond donors (Lipinski definition) is 0. The summed E-state index contributed by atoms with van der Waals surface area (Å²) in [5.41, 5.74) is 1.63. The predicted octanol–water partition coefficient (Wildman–Crippen LogP) is 3.17. The molecular weight excluding hydrogens is 495 g/mol. The number of tetrazole rings is 1. The Hall–Kier alpha value is -4.82. The van der Waals surface area contributed by atoms with Crippen molar-refractivity contribution < 1.29 is 27.2 Å². The van der Waals surface area contributed by atoms with Gasteiger partial charge in [0.25, 0.3) is 5.89 Å². The second-order valence-corrected chi connectivity index (χ2v) is 7.72. The van der Waals surface area contributed by atoms with Gasteiger partial charge in [0.05, 0.1) is 42.2 Å². The Morgan fingerprint density at radius 2 is 1.92 bits per heavy atom. The first-order valence-corrected chi connectivity index (χ1v) is 10.7. The molecule has 12 nitrogen and oxygen atoms in total. The monoisotopic (exact) mass is 513 g/mol. The second kappa shape index (κ2) is 9.67. The maximum atomic E-state index is 12.8. The smallest absolute Gasteiger partial charge is 0.417 e. The van der Waals surface area contributed by atoms with E-state index in [-0.39, 0.29) is 24.2 Å². The van der Waals surface area contributed by atoms with Crippen molar-refractivity contribution in [3.8, 4) is 34.5 Å². The van der Waals surface area contributed by atoms with Crippen LogP contribution >= 0.6 is 0 Å². The van der Waals surface area contributed by atoms with Crippen LogP contribution in [0.15, 0.2) is 53.6 Å². The van der Waals surface area contributed by atoms with Gasteiger partial charge in [-0.25, -0.2) is 4.98 Å². The van der Waals surface area contributed by atoms with Gasteiger partial charge < -0.3 is 14.0 Å². The van der Waals surface area contributed by atoms with E-state index < -0.39 is 11.7 Å². The molecule has 37 heavy (non-hydrogen) atoms. The molecule has 0 fully saturated rings. The minimum atomic E-state index is -4.48. The number of nitrogens with zero attached hydrogens (tertiary/aromatic N) is 9. The SMILES string of the molecule is COc1ccc(Cn2ncnn2)cc1-c1noc(-c2cnn(C)c2COc2ccc(C(F)(F)F)cn2)n1. The summed E-state index contributed by atoms with van der Waals surface area (Å²) >= 11 is 0. The number of rotatable bonds is 8. The number of ether oxygens (including phenoxy) is 2. The summed E-state index contributed by atoms with van der Waals surface area (Å²) in [6, 6.07) is 7.52. The fourth-order valence-corrected chi connectivity index (χ4v) is 3.48. The molecule has 190 valence electrons. The third-order valence-electron chi connectivity index (χ3n) is 5.36. The zero-order chi connectivity index (χ0) is 26.0. The highest BCUT2D eigenvalue weighted by Gasteiger charge is 2.30. The molecule has 0 unspecified atom stereocenters. The average molecular weight is 513 g/mol. The third kappa shape index (κ3) is 5.10. The summed E-state index contributed by atoms with van der Waals surface area (Å²) < 4.78 is 56.4. The molecule has 0 bridgehead atoms. The standard InChI is InChI=1S/C22H18F3N9O3/c1-33-17(11-36-19-6-4-14(8-26-19)22(23,24)25)16(9-28-33)21-30-20(31-37-21)15-7-13(3-5-18(15)35-2)10-34-29-12-27-32-34/h3-9,12H,10-11H2,1-2H3. The Balaban J connectivity index is 1.38. The molecule has 0 amide bonds. The zero-order valence-electron chi connectivity index (χ0n) is 19.4. The molecule has 4 aromatic heterocycles. The van der Waals surface area contributed by atoms with E-state index in [1.165, 1.54) is 29.1 Å². The first-order chi connectivity index (χ1) is 17.8. The summed E-state index contributed by atoms with van der Waals surface area (Å²) in [7, 11) is 3.22. The van der Waals surface area contributed by atoms with Crippen molar-refractivity contribution in [1.82, 2.24) is 45.1 Å². The molecule has 1 aromatic carbocycles. The lowest BCUT2D eigenvalue weighted by atomic mass is 10.1. The van der Waals surface area contributed by atoms with Gasteiger partial charge in [-0.05, 0) is 29.0 Å². The lowest BCUT2D eigenvalue weighted by molar-refractivity contribution is -0.137. The molecular formula is C22H18F3N9O3. The van der Waals surface area contributed by atoms with Crippen molar-refractivity contribution in [2.75, 3.05) is 7.11 Å². The number of methoxy groups -OCH3 is 1. The van der Waals surface area contributed by atoms with Crippen molar-refractivity contribution in [3.63, 3.8) is 0 Å². The van der Waals surface area contributed by atoms with Crippen LogP contribution in [0, 0.1) is 0 Å². The van der Waals surface area contributed by atoms with Crippen LogP contribution in [-0.2, 0) is 26.4 Å². The summed E-state index contributed by atoms with van der Waals surface area (Å²) in [5, 5.41) is 19.9. The molecule has 0 radical (unpaired) electrons. The van der Waals surface area contributed by atoms with Crippen LogP contribution < -0.4 is 9.47 Å². The molecule has 0 atom stereocenters. The number of aromatic nitrogens is 9. The Bertz CT molecular complexity index is 1500. The topological polar surface area (TPSA) is 132 Å². The van der Waals surface area contributed by atoms with Crippen molar-refractivity contribution >= 4 is 0 Å². The first kappa shape index (κ1) is 23.9. The Morgan fingerprint density at radius 3 is 2.62 bits per heavy atom. The Morgan fingerprint density at radius 1 is 1.05 bits per heavy atom. The van der Waals surface area contributed by atoms with E-state index in [2.05, 4.69) is 35.6 Å². The average Bonchev–Trinajstić information content (AvgIpc) is 3.64. The minimum absolute atomic E-state index is 0.0230. The molecule has 0 saturated carbocycles. The van der Waals surface area contributed by atoms with E-state index in [0.717, 1.165) is 17.7 Å². The van der Waals surface area contributed by atoms with Gasteiger partial charge in [0.15, 0.2) is 6.33 Å². The van der Waals surface area contributed by atoms with Crippen LogP contribution in [0.1, 0.15) is 16.8 Å². The van der Waals surface area contributed by atoms with E-state index >= 15 is 0 Å². The minimum Gasteiger partial charge on any atom is -0.496 e. The quantitative estimate of drug-likeness (QED) is 0.305. The molecule has 15 heteroatoms. The highest BCUT2D eigenvalue weighted by atomic mass is 19.4. The largest absolute Gasteiger partial charge is 0.496 e. The Kier molecular flexibility index (Phi) is 6.25. The van der Waals surface area contributed by atoms with Crippen LogP contribution in [0.25, 0.3) is 22.8 Å². The van der Waals surface area contributed by atoms with E-state index in [4.69, 9.17) is 14.0 Å². The molecule has 0 aliphatic heterocycles. The number of pyridine rings is 1. The molecule has 0 aliphatic rings. The van der Waals surface area contributed by atoms with Crippen LogP contribution in [-0.4, -0.2) is 52.2 Å². The van der Waals surface area contributed by atoms with E-state index in [1.807, 2.05) is 12.1 Å². The van der Waals surface area contributed by atoms with Crippen LogP contribution in [0.2, 0.25) is 0 Å². The molecule has 5 aromatic rings. The summed E-state index contributed by atoms with van der Waals surface area (Å²) in [5.74, 6) is 1.01. The number of benzene rings is 1. The van der Waals surface area contributed by atoms with Gasteiger partial charge in [-0.3, -0.25) is 4.68 Å². The molecule has 4 heterocycles. The van der Waals surface area contributed by atoms with Crippen LogP contribution in [0.4, 0.5) is 13.2 Å².